The Kier molecular flexibility index (Phi) is 7.94. The van der Waals surface area contributed by atoms with Crippen LogP contribution in [0.4, 0.5) is 0 Å². The number of aliphatic hydroxyl groups is 1. The highest BCUT2D eigenvalue weighted by Gasteiger charge is 2.45. The van der Waals surface area contributed by atoms with Gasteiger partial charge >= 0.3 is 0 Å². The van der Waals surface area contributed by atoms with Crippen molar-refractivity contribution in [3.05, 3.63) is 101 Å². The van der Waals surface area contributed by atoms with Crippen LogP contribution in [0.1, 0.15) is 28.3 Å². The molecule has 7 heteroatoms. The van der Waals surface area contributed by atoms with Gasteiger partial charge < -0.3 is 24.4 Å². The number of ether oxygens (including phenoxy) is 2. The van der Waals surface area contributed by atoms with Crippen molar-refractivity contribution < 1.29 is 24.2 Å². The zero-order valence-corrected chi connectivity index (χ0v) is 21.6. The van der Waals surface area contributed by atoms with Gasteiger partial charge in [-0.3, -0.25) is 9.59 Å². The summed E-state index contributed by atoms with van der Waals surface area (Å²) in [5.41, 5.74) is 3.45. The molecule has 1 atom stereocenters. The van der Waals surface area contributed by atoms with Crippen LogP contribution in [0.2, 0.25) is 0 Å². The van der Waals surface area contributed by atoms with E-state index in [2.05, 4.69) is 6.07 Å². The van der Waals surface area contributed by atoms with E-state index in [0.717, 1.165) is 16.7 Å². The molecule has 1 amide bonds. The maximum absolute atomic E-state index is 13.2. The summed E-state index contributed by atoms with van der Waals surface area (Å²) >= 11 is 0. The zero-order valence-electron chi connectivity index (χ0n) is 21.6. The lowest BCUT2D eigenvalue weighted by molar-refractivity contribution is -0.140. The summed E-state index contributed by atoms with van der Waals surface area (Å²) in [6.07, 6.45) is 0. The van der Waals surface area contributed by atoms with Gasteiger partial charge in [-0.1, -0.05) is 42.0 Å². The molecule has 0 spiro atoms. The first-order valence-corrected chi connectivity index (χ1v) is 12.1. The molecule has 7 nitrogen and oxygen atoms in total. The fourth-order valence-electron chi connectivity index (χ4n) is 4.38. The molecular formula is C30H32N2O5. The number of benzene rings is 3. The minimum Gasteiger partial charge on any atom is -0.507 e. The van der Waals surface area contributed by atoms with Gasteiger partial charge in [0.15, 0.2) is 0 Å². The van der Waals surface area contributed by atoms with E-state index in [1.807, 2.05) is 56.3 Å². The Morgan fingerprint density at radius 1 is 0.973 bits per heavy atom. The minimum absolute atomic E-state index is 0.0716. The molecule has 3 aromatic carbocycles. The molecule has 1 aliphatic heterocycles. The van der Waals surface area contributed by atoms with Gasteiger partial charge in [0, 0.05) is 18.7 Å². The molecule has 0 radical (unpaired) electrons. The number of rotatable bonds is 9. The summed E-state index contributed by atoms with van der Waals surface area (Å²) in [6, 6.07) is 21.4. The second-order valence-electron chi connectivity index (χ2n) is 9.37. The minimum atomic E-state index is -0.705. The van der Waals surface area contributed by atoms with E-state index in [1.54, 1.807) is 43.5 Å². The molecule has 1 fully saturated rings. The summed E-state index contributed by atoms with van der Waals surface area (Å²) in [5.74, 6) is -0.234. The molecule has 3 aromatic rings. The summed E-state index contributed by atoms with van der Waals surface area (Å²) < 4.78 is 11.1. The highest BCUT2D eigenvalue weighted by atomic mass is 16.5. The average molecular weight is 501 g/mol. The van der Waals surface area contributed by atoms with Crippen molar-refractivity contribution >= 4 is 17.4 Å². The molecule has 0 aromatic heterocycles. The van der Waals surface area contributed by atoms with Crippen LogP contribution in [0.25, 0.3) is 5.76 Å². The molecule has 1 N–H and O–H groups in total. The first-order valence-electron chi connectivity index (χ1n) is 12.1. The Morgan fingerprint density at radius 3 is 2.27 bits per heavy atom. The van der Waals surface area contributed by atoms with Crippen LogP contribution in [-0.2, 0) is 16.2 Å². The standard InChI is InChI=1S/C30H32N2O5/c1-20-6-5-7-21(18-20)19-37-25-14-10-23(11-15-25)28(33)26-27(22-8-12-24(36-4)13-9-22)32(17-16-31(2)3)30(35)29(26)34/h5-15,18,27,33H,16-17,19H2,1-4H3/b28-26-. The Bertz CT molecular complexity index is 1300. The first kappa shape index (κ1) is 26.0. The predicted molar refractivity (Wildman–Crippen MR) is 143 cm³/mol. The number of hydrogen-bond donors (Lipinski definition) is 1. The number of likely N-dealkylation sites (N-methyl/N-ethyl adjacent to an activating group) is 1. The number of carbonyl (C=O) groups excluding carboxylic acids is 2. The topological polar surface area (TPSA) is 79.3 Å². The number of aliphatic hydroxyl groups excluding tert-OH is 1. The number of aryl methyl sites for hydroxylation is 1. The fraction of sp³-hybridized carbons (Fsp3) is 0.267. The van der Waals surface area contributed by atoms with E-state index >= 15 is 0 Å². The van der Waals surface area contributed by atoms with Gasteiger partial charge in [-0.25, -0.2) is 0 Å². The van der Waals surface area contributed by atoms with Crippen LogP contribution in [0.15, 0.2) is 78.4 Å². The molecule has 192 valence electrons. The number of carbonyl (C=O) groups is 2. The molecule has 0 bridgehead atoms. The van der Waals surface area contributed by atoms with Gasteiger partial charge in [-0.15, -0.1) is 0 Å². The number of nitrogens with zero attached hydrogens (tertiary/aromatic N) is 2. The second-order valence-corrected chi connectivity index (χ2v) is 9.37. The maximum Gasteiger partial charge on any atom is 0.295 e. The molecule has 0 aliphatic carbocycles. The van der Waals surface area contributed by atoms with Crippen molar-refractivity contribution in [1.82, 2.24) is 9.80 Å². The third-order valence-electron chi connectivity index (χ3n) is 6.38. The Balaban J connectivity index is 1.64. The van der Waals surface area contributed by atoms with E-state index in [-0.39, 0.29) is 11.3 Å². The monoisotopic (exact) mass is 500 g/mol. The van der Waals surface area contributed by atoms with E-state index in [4.69, 9.17) is 9.47 Å². The van der Waals surface area contributed by atoms with Crippen molar-refractivity contribution in [1.29, 1.82) is 0 Å². The van der Waals surface area contributed by atoms with Crippen molar-refractivity contribution in [2.75, 3.05) is 34.3 Å². The van der Waals surface area contributed by atoms with E-state index < -0.39 is 17.7 Å². The fourth-order valence-corrected chi connectivity index (χ4v) is 4.38. The highest BCUT2D eigenvalue weighted by Crippen LogP contribution is 2.39. The second kappa shape index (κ2) is 11.3. The molecule has 4 rings (SSSR count). The average Bonchev–Trinajstić information content (AvgIpc) is 3.15. The molecule has 1 saturated heterocycles. The Hall–Kier alpha value is -4.10. The lowest BCUT2D eigenvalue weighted by Crippen LogP contribution is -2.35. The Morgan fingerprint density at radius 2 is 1.65 bits per heavy atom. The maximum atomic E-state index is 13.2. The van der Waals surface area contributed by atoms with Gasteiger partial charge in [0.05, 0.1) is 18.7 Å². The number of Topliss-reactive ketones (excluding diaryl/α,β-unsaturated/α-hetero) is 1. The first-order chi connectivity index (χ1) is 17.8. The van der Waals surface area contributed by atoms with Gasteiger partial charge in [0.1, 0.15) is 23.9 Å². The number of hydrogen-bond acceptors (Lipinski definition) is 6. The van der Waals surface area contributed by atoms with Gasteiger partial charge in [0.25, 0.3) is 11.7 Å². The van der Waals surface area contributed by atoms with Crippen LogP contribution in [0, 0.1) is 6.92 Å². The van der Waals surface area contributed by atoms with Crippen molar-refractivity contribution in [2.45, 2.75) is 19.6 Å². The lowest BCUT2D eigenvalue weighted by atomic mass is 9.95. The van der Waals surface area contributed by atoms with Crippen molar-refractivity contribution in [3.8, 4) is 11.5 Å². The summed E-state index contributed by atoms with van der Waals surface area (Å²) in [7, 11) is 5.38. The number of amides is 1. The van der Waals surface area contributed by atoms with Crippen molar-refractivity contribution in [2.24, 2.45) is 0 Å². The van der Waals surface area contributed by atoms with Gasteiger partial charge in [-0.2, -0.15) is 0 Å². The molecule has 37 heavy (non-hydrogen) atoms. The van der Waals surface area contributed by atoms with Crippen LogP contribution < -0.4 is 9.47 Å². The van der Waals surface area contributed by atoms with Gasteiger partial charge in [-0.05, 0) is 68.5 Å². The van der Waals surface area contributed by atoms with E-state index in [0.29, 0.717) is 36.8 Å². The van der Waals surface area contributed by atoms with Gasteiger partial charge in [0.2, 0.25) is 0 Å². The molecule has 1 aliphatic rings. The molecule has 0 saturated carbocycles. The summed E-state index contributed by atoms with van der Waals surface area (Å²) in [6.45, 7) is 3.37. The smallest absolute Gasteiger partial charge is 0.295 e. The SMILES string of the molecule is COc1ccc(C2/C(=C(/O)c3ccc(OCc4cccc(C)c4)cc3)C(=O)C(=O)N2CCN(C)C)cc1. The third-order valence-corrected chi connectivity index (χ3v) is 6.38. The Labute approximate surface area is 217 Å². The van der Waals surface area contributed by atoms with Crippen molar-refractivity contribution in [3.63, 3.8) is 0 Å². The highest BCUT2D eigenvalue weighted by molar-refractivity contribution is 6.46. The number of ketones is 1. The zero-order chi connectivity index (χ0) is 26.5. The number of likely N-dealkylation sites (tertiary alicyclic amines) is 1. The largest absolute Gasteiger partial charge is 0.507 e. The molecule has 1 heterocycles. The summed E-state index contributed by atoms with van der Waals surface area (Å²) in [5, 5.41) is 11.3. The predicted octanol–water partition coefficient (Wildman–Crippen LogP) is 4.57. The van der Waals surface area contributed by atoms with E-state index in [1.165, 1.54) is 4.90 Å². The van der Waals surface area contributed by atoms with Crippen LogP contribution in [0.3, 0.4) is 0 Å². The van der Waals surface area contributed by atoms with Crippen LogP contribution >= 0.6 is 0 Å². The molecule has 1 unspecified atom stereocenters. The quantitative estimate of drug-likeness (QED) is 0.264. The number of methoxy groups -OCH3 is 1. The normalized spacial score (nSPS) is 16.9. The van der Waals surface area contributed by atoms with E-state index in [9.17, 15) is 14.7 Å². The van der Waals surface area contributed by atoms with Crippen LogP contribution in [0.5, 0.6) is 11.5 Å². The lowest BCUT2D eigenvalue weighted by Gasteiger charge is -2.26. The molecular weight excluding hydrogens is 468 g/mol. The third kappa shape index (κ3) is 5.84. The van der Waals surface area contributed by atoms with Crippen LogP contribution in [-0.4, -0.2) is 60.9 Å². The summed E-state index contributed by atoms with van der Waals surface area (Å²) in [4.78, 5) is 29.7.